The van der Waals surface area contributed by atoms with Crippen molar-refractivity contribution in [1.82, 2.24) is 5.32 Å². The Kier molecular flexibility index (Phi) is 4.81. The summed E-state index contributed by atoms with van der Waals surface area (Å²) in [5.41, 5.74) is 5.56. The number of benzene rings is 2. The van der Waals surface area contributed by atoms with E-state index in [1.165, 1.54) is 0 Å². The van der Waals surface area contributed by atoms with Gasteiger partial charge in [0, 0.05) is 17.5 Å². The second-order valence-corrected chi connectivity index (χ2v) is 8.11. The van der Waals surface area contributed by atoms with Crippen molar-refractivity contribution in [2.75, 3.05) is 17.4 Å². The number of anilines is 1. The topological polar surface area (TPSA) is 92.5 Å². The van der Waals surface area contributed by atoms with E-state index in [-0.39, 0.29) is 36.3 Å². The molecule has 1 aliphatic heterocycles. The lowest BCUT2D eigenvalue weighted by Crippen LogP contribution is -2.52. The van der Waals surface area contributed by atoms with Gasteiger partial charge < -0.3 is 11.1 Å². The Labute approximate surface area is 147 Å². The predicted molar refractivity (Wildman–Crippen MR) is 97.0 cm³/mol. The molecule has 3 rings (SSSR count). The van der Waals surface area contributed by atoms with Crippen LogP contribution in [-0.4, -0.2) is 33.0 Å². The molecule has 0 unspecified atom stereocenters. The van der Waals surface area contributed by atoms with Gasteiger partial charge in [-0.15, -0.1) is 12.4 Å². The summed E-state index contributed by atoms with van der Waals surface area (Å²) in [6.45, 7) is 3.58. The molecule has 0 spiro atoms. The third kappa shape index (κ3) is 2.94. The summed E-state index contributed by atoms with van der Waals surface area (Å²) in [7, 11) is -3.71. The van der Waals surface area contributed by atoms with Crippen molar-refractivity contribution in [3.05, 3.63) is 36.4 Å². The van der Waals surface area contributed by atoms with Crippen molar-refractivity contribution in [3.8, 4) is 0 Å². The van der Waals surface area contributed by atoms with Gasteiger partial charge in [-0.2, -0.15) is 0 Å². The number of carbonyl (C=O) groups is 1. The Morgan fingerprint density at radius 1 is 1.21 bits per heavy atom. The number of hydrogen-bond acceptors (Lipinski definition) is 4. The van der Waals surface area contributed by atoms with Crippen LogP contribution in [-0.2, 0) is 14.8 Å². The number of hydrogen-bond donors (Lipinski definition) is 2. The minimum Gasteiger partial charge on any atom is -0.348 e. The second kappa shape index (κ2) is 6.23. The first-order valence-electron chi connectivity index (χ1n) is 7.32. The van der Waals surface area contributed by atoms with E-state index in [1.807, 2.05) is 12.1 Å². The quantitative estimate of drug-likeness (QED) is 0.856. The van der Waals surface area contributed by atoms with E-state index >= 15 is 0 Å². The molecule has 0 saturated heterocycles. The highest BCUT2D eigenvalue weighted by Gasteiger charge is 2.37. The Hall–Kier alpha value is -1.83. The van der Waals surface area contributed by atoms with E-state index in [4.69, 9.17) is 5.73 Å². The molecular weight excluding hydrogens is 350 g/mol. The van der Waals surface area contributed by atoms with E-state index < -0.39 is 15.6 Å². The highest BCUT2D eigenvalue weighted by molar-refractivity contribution is 7.93. The first kappa shape index (κ1) is 18.5. The van der Waals surface area contributed by atoms with E-state index in [1.54, 1.807) is 38.1 Å². The molecule has 24 heavy (non-hydrogen) atoms. The van der Waals surface area contributed by atoms with Gasteiger partial charge in [-0.25, -0.2) is 8.42 Å². The van der Waals surface area contributed by atoms with Crippen molar-refractivity contribution < 1.29 is 13.2 Å². The summed E-state index contributed by atoms with van der Waals surface area (Å²) < 4.78 is 26.7. The molecule has 0 saturated carbocycles. The van der Waals surface area contributed by atoms with Gasteiger partial charge in [-0.05, 0) is 31.4 Å². The van der Waals surface area contributed by atoms with Gasteiger partial charge in [0.2, 0.25) is 5.91 Å². The second-order valence-electron chi connectivity index (χ2n) is 6.28. The lowest BCUT2D eigenvalue weighted by molar-refractivity contribution is -0.121. The molecule has 2 aromatic rings. The SMILES string of the molecule is CC(C)(CN)NC(=O)CN1c2cccc3cccc(c23)S1(=O)=O.Cl. The van der Waals surface area contributed by atoms with Crippen molar-refractivity contribution in [2.24, 2.45) is 5.73 Å². The average Bonchev–Trinajstić information content (AvgIpc) is 2.71. The fraction of sp³-hybridized carbons (Fsp3) is 0.312. The molecule has 1 heterocycles. The van der Waals surface area contributed by atoms with E-state index in [2.05, 4.69) is 5.32 Å². The summed E-state index contributed by atoms with van der Waals surface area (Å²) in [5, 5.41) is 4.27. The van der Waals surface area contributed by atoms with Crippen LogP contribution in [0.25, 0.3) is 10.8 Å². The van der Waals surface area contributed by atoms with Gasteiger partial charge in [0.15, 0.2) is 0 Å². The van der Waals surface area contributed by atoms with Gasteiger partial charge >= 0.3 is 0 Å². The molecule has 0 atom stereocenters. The molecule has 0 radical (unpaired) electrons. The summed E-state index contributed by atoms with van der Waals surface area (Å²) in [6, 6.07) is 10.5. The third-order valence-electron chi connectivity index (χ3n) is 3.96. The predicted octanol–water partition coefficient (Wildman–Crippen LogP) is 1.62. The largest absolute Gasteiger partial charge is 0.348 e. The van der Waals surface area contributed by atoms with Crippen molar-refractivity contribution in [1.29, 1.82) is 0 Å². The monoisotopic (exact) mass is 369 g/mol. The number of sulfonamides is 1. The van der Waals surface area contributed by atoms with Gasteiger partial charge in [-0.1, -0.05) is 24.3 Å². The maximum atomic E-state index is 12.8. The van der Waals surface area contributed by atoms with Gasteiger partial charge in [0.05, 0.1) is 10.6 Å². The lowest BCUT2D eigenvalue weighted by Gasteiger charge is -2.26. The highest BCUT2D eigenvalue weighted by atomic mass is 35.5. The van der Waals surface area contributed by atoms with Gasteiger partial charge in [0.1, 0.15) is 6.54 Å². The first-order valence-corrected chi connectivity index (χ1v) is 8.76. The molecule has 2 aromatic carbocycles. The van der Waals surface area contributed by atoms with Crippen LogP contribution in [0.2, 0.25) is 0 Å². The Morgan fingerprint density at radius 2 is 1.83 bits per heavy atom. The Morgan fingerprint density at radius 3 is 2.46 bits per heavy atom. The number of nitrogens with zero attached hydrogens (tertiary/aromatic N) is 1. The summed E-state index contributed by atoms with van der Waals surface area (Å²) in [6.07, 6.45) is 0. The fourth-order valence-electron chi connectivity index (χ4n) is 2.73. The van der Waals surface area contributed by atoms with Crippen LogP contribution in [0.15, 0.2) is 41.3 Å². The average molecular weight is 370 g/mol. The molecule has 130 valence electrons. The normalized spacial score (nSPS) is 15.2. The molecular formula is C16H20ClN3O3S. The molecule has 0 bridgehead atoms. The van der Waals surface area contributed by atoms with Gasteiger partial charge in [-0.3, -0.25) is 9.10 Å². The van der Waals surface area contributed by atoms with Crippen LogP contribution in [0.4, 0.5) is 5.69 Å². The standard InChI is InChI=1S/C16H19N3O3S.ClH/c1-16(2,10-17)18-14(20)9-19-12-7-3-5-11-6-4-8-13(15(11)12)23(19,21)22;/h3-8H,9-10,17H2,1-2H3,(H,18,20);1H. The van der Waals surface area contributed by atoms with Crippen LogP contribution in [0.1, 0.15) is 13.8 Å². The number of halogens is 1. The minimum atomic E-state index is -3.71. The van der Waals surface area contributed by atoms with Crippen molar-refractivity contribution >= 4 is 44.8 Å². The molecule has 1 amide bonds. The Balaban J connectivity index is 0.00000208. The fourth-order valence-corrected chi connectivity index (χ4v) is 4.39. The number of rotatable bonds is 4. The van der Waals surface area contributed by atoms with E-state index in [0.29, 0.717) is 11.1 Å². The lowest BCUT2D eigenvalue weighted by atomic mass is 10.1. The molecule has 6 nitrogen and oxygen atoms in total. The van der Waals surface area contributed by atoms with Crippen LogP contribution in [0.3, 0.4) is 0 Å². The molecule has 0 aromatic heterocycles. The van der Waals surface area contributed by atoms with Crippen LogP contribution < -0.4 is 15.4 Å². The summed E-state index contributed by atoms with van der Waals surface area (Å²) >= 11 is 0. The molecule has 0 fully saturated rings. The van der Waals surface area contributed by atoms with Crippen LogP contribution >= 0.6 is 12.4 Å². The van der Waals surface area contributed by atoms with Crippen molar-refractivity contribution in [2.45, 2.75) is 24.3 Å². The number of nitrogens with one attached hydrogen (secondary N) is 1. The molecule has 8 heteroatoms. The molecule has 0 aliphatic carbocycles. The Bertz CT molecular complexity index is 891. The highest BCUT2D eigenvalue weighted by Crippen LogP contribution is 2.41. The van der Waals surface area contributed by atoms with E-state index in [9.17, 15) is 13.2 Å². The first-order chi connectivity index (χ1) is 10.8. The number of nitrogens with two attached hydrogens (primary N) is 1. The maximum absolute atomic E-state index is 12.8. The van der Waals surface area contributed by atoms with Gasteiger partial charge in [0.25, 0.3) is 10.0 Å². The molecule has 1 aliphatic rings. The zero-order valence-corrected chi connectivity index (χ0v) is 15.1. The van der Waals surface area contributed by atoms with Crippen molar-refractivity contribution in [3.63, 3.8) is 0 Å². The maximum Gasteiger partial charge on any atom is 0.265 e. The zero-order chi connectivity index (χ0) is 16.8. The summed E-state index contributed by atoms with van der Waals surface area (Å²) in [4.78, 5) is 12.5. The van der Waals surface area contributed by atoms with Crippen LogP contribution in [0.5, 0.6) is 0 Å². The summed E-state index contributed by atoms with van der Waals surface area (Å²) in [5.74, 6) is -0.381. The number of carbonyl (C=O) groups excluding carboxylic acids is 1. The molecule has 3 N–H and O–H groups in total. The minimum absolute atomic E-state index is 0. The number of amides is 1. The smallest absolute Gasteiger partial charge is 0.265 e. The van der Waals surface area contributed by atoms with E-state index in [0.717, 1.165) is 9.69 Å². The van der Waals surface area contributed by atoms with Crippen LogP contribution in [0, 0.1) is 0 Å². The third-order valence-corrected chi connectivity index (χ3v) is 5.76. The zero-order valence-electron chi connectivity index (χ0n) is 13.4.